The summed E-state index contributed by atoms with van der Waals surface area (Å²) in [7, 11) is 0. The van der Waals surface area contributed by atoms with E-state index in [9.17, 15) is 0 Å². The third-order valence-electron chi connectivity index (χ3n) is 2.70. The van der Waals surface area contributed by atoms with Crippen molar-refractivity contribution in [2.75, 3.05) is 22.5 Å². The first kappa shape index (κ1) is 13.7. The van der Waals surface area contributed by atoms with Gasteiger partial charge in [0.05, 0.1) is 22.7 Å². The molecule has 5 nitrogen and oxygen atoms in total. The summed E-state index contributed by atoms with van der Waals surface area (Å²) < 4.78 is 0. The summed E-state index contributed by atoms with van der Waals surface area (Å²) >= 11 is 0. The Balaban J connectivity index is 3.77. The molecule has 0 aliphatic rings. The summed E-state index contributed by atoms with van der Waals surface area (Å²) in [4.78, 5) is 3.90. The highest BCUT2D eigenvalue weighted by Gasteiger charge is 2.26. The lowest BCUT2D eigenvalue weighted by Gasteiger charge is -2.26. The van der Waals surface area contributed by atoms with E-state index >= 15 is 0 Å². The third-order valence-corrected chi connectivity index (χ3v) is 2.70. The van der Waals surface area contributed by atoms with Crippen molar-refractivity contribution in [1.29, 1.82) is 0 Å². The molecular formula is C13H19N5. The van der Waals surface area contributed by atoms with Gasteiger partial charge in [-0.3, -0.25) is 4.99 Å². The second-order valence-corrected chi connectivity index (χ2v) is 5.02. The first-order valence-electron chi connectivity index (χ1n) is 5.44. The molecule has 0 bridgehead atoms. The van der Waals surface area contributed by atoms with Gasteiger partial charge in [0.2, 0.25) is 0 Å². The van der Waals surface area contributed by atoms with Gasteiger partial charge in [0.15, 0.2) is 0 Å². The topological polar surface area (TPSA) is 102 Å². The van der Waals surface area contributed by atoms with Gasteiger partial charge in [-0.05, 0) is 12.1 Å². The largest absolute Gasteiger partial charge is 0.397 e. The summed E-state index contributed by atoms with van der Waals surface area (Å²) in [6, 6.07) is 2.28. The minimum atomic E-state index is -0.254. The Bertz CT molecular complexity index is 532. The van der Waals surface area contributed by atoms with Crippen LogP contribution in [0.5, 0.6) is 0 Å². The molecule has 0 fully saturated rings. The van der Waals surface area contributed by atoms with Crippen molar-refractivity contribution in [3.05, 3.63) is 5.56 Å². The van der Waals surface area contributed by atoms with Gasteiger partial charge in [-0.2, -0.15) is 0 Å². The fourth-order valence-electron chi connectivity index (χ4n) is 1.97. The third kappa shape index (κ3) is 2.05. The average Bonchev–Trinajstić information content (AvgIpc) is 2.24. The van der Waals surface area contributed by atoms with Gasteiger partial charge in [0.1, 0.15) is 5.69 Å². The van der Waals surface area contributed by atoms with E-state index in [0.717, 1.165) is 5.56 Å². The fourth-order valence-corrected chi connectivity index (χ4v) is 1.97. The number of nitrogen functional groups attached to an aromatic ring is 3. The van der Waals surface area contributed by atoms with E-state index in [1.807, 2.05) is 20.8 Å². The monoisotopic (exact) mass is 245 g/mol. The normalized spacial score (nSPS) is 10.8. The van der Waals surface area contributed by atoms with E-state index in [0.29, 0.717) is 28.4 Å². The molecule has 18 heavy (non-hydrogen) atoms. The number of benzene rings is 1. The van der Waals surface area contributed by atoms with Crippen LogP contribution in [0.3, 0.4) is 0 Å². The number of terminal acetylenes is 1. The van der Waals surface area contributed by atoms with Crippen molar-refractivity contribution < 1.29 is 0 Å². The van der Waals surface area contributed by atoms with Crippen LogP contribution < -0.4 is 22.5 Å². The van der Waals surface area contributed by atoms with E-state index in [1.165, 1.54) is 0 Å². The molecular weight excluding hydrogens is 226 g/mol. The second kappa shape index (κ2) is 4.49. The van der Waals surface area contributed by atoms with Crippen LogP contribution in [-0.2, 0) is 5.41 Å². The van der Waals surface area contributed by atoms with Gasteiger partial charge in [0.25, 0.3) is 0 Å². The van der Waals surface area contributed by atoms with Crippen LogP contribution >= 0.6 is 0 Å². The molecule has 0 aromatic heterocycles. The minimum absolute atomic E-state index is 0.254. The zero-order chi connectivity index (χ0) is 14.1. The van der Waals surface area contributed by atoms with Crippen LogP contribution in [-0.4, -0.2) is 6.72 Å². The Morgan fingerprint density at radius 3 is 2.11 bits per heavy atom. The fraction of sp³-hybridized carbons (Fsp3) is 0.308. The highest BCUT2D eigenvalue weighted by atomic mass is 14.9. The standard InChI is InChI=1S/C13H19N5/c1-6-18-12-10(16)8(14)7(13(2,3)4)9(15)11(12)17-5/h1,18H,5,14-16H2,2-4H3. The molecule has 1 aromatic carbocycles. The number of nitrogens with two attached hydrogens (primary N) is 3. The number of anilines is 4. The highest BCUT2D eigenvalue weighted by molar-refractivity contribution is 5.99. The molecule has 0 spiro atoms. The summed E-state index contributed by atoms with van der Waals surface area (Å²) in [6.45, 7) is 9.48. The lowest BCUT2D eigenvalue weighted by molar-refractivity contribution is 0.595. The minimum Gasteiger partial charge on any atom is -0.397 e. The number of rotatable bonds is 2. The maximum atomic E-state index is 6.10. The molecule has 0 amide bonds. The van der Waals surface area contributed by atoms with Gasteiger partial charge in [-0.25, -0.2) is 0 Å². The van der Waals surface area contributed by atoms with Gasteiger partial charge in [-0.1, -0.05) is 27.2 Å². The number of nitrogens with one attached hydrogen (secondary N) is 1. The van der Waals surface area contributed by atoms with Gasteiger partial charge in [-0.15, -0.1) is 0 Å². The Morgan fingerprint density at radius 1 is 1.17 bits per heavy atom. The number of hydrogen-bond donors (Lipinski definition) is 4. The quantitative estimate of drug-likeness (QED) is 0.277. The zero-order valence-corrected chi connectivity index (χ0v) is 11.0. The van der Waals surface area contributed by atoms with E-state index in [-0.39, 0.29) is 5.41 Å². The van der Waals surface area contributed by atoms with Crippen LogP contribution in [0.1, 0.15) is 26.3 Å². The van der Waals surface area contributed by atoms with E-state index < -0.39 is 0 Å². The summed E-state index contributed by atoms with van der Waals surface area (Å²) in [5.41, 5.74) is 20.7. The second-order valence-electron chi connectivity index (χ2n) is 5.02. The predicted octanol–water partition coefficient (Wildman–Crippen LogP) is 2.07. The molecule has 1 aromatic rings. The Labute approximate surface area is 107 Å². The summed E-state index contributed by atoms with van der Waals surface area (Å²) in [5.74, 6) is 0. The van der Waals surface area contributed by atoms with Crippen LogP contribution in [0.25, 0.3) is 0 Å². The van der Waals surface area contributed by atoms with E-state index in [4.69, 9.17) is 23.6 Å². The molecule has 0 radical (unpaired) electrons. The molecule has 0 aliphatic heterocycles. The van der Waals surface area contributed by atoms with Gasteiger partial charge < -0.3 is 22.5 Å². The Morgan fingerprint density at radius 2 is 1.72 bits per heavy atom. The van der Waals surface area contributed by atoms with E-state index in [2.05, 4.69) is 23.1 Å². The van der Waals surface area contributed by atoms with Gasteiger partial charge >= 0.3 is 0 Å². The molecule has 96 valence electrons. The molecule has 0 aliphatic carbocycles. The van der Waals surface area contributed by atoms with Crippen molar-refractivity contribution in [3.63, 3.8) is 0 Å². The maximum absolute atomic E-state index is 6.10. The predicted molar refractivity (Wildman–Crippen MR) is 80.0 cm³/mol. The van der Waals surface area contributed by atoms with Crippen LogP contribution in [0.15, 0.2) is 4.99 Å². The first-order chi connectivity index (χ1) is 8.25. The van der Waals surface area contributed by atoms with Crippen LogP contribution in [0, 0.1) is 12.5 Å². The number of nitrogens with zero attached hydrogens (tertiary/aromatic N) is 1. The van der Waals surface area contributed by atoms with Crippen molar-refractivity contribution in [2.45, 2.75) is 26.2 Å². The van der Waals surface area contributed by atoms with Crippen molar-refractivity contribution in [3.8, 4) is 12.5 Å². The molecule has 0 saturated carbocycles. The lowest BCUT2D eigenvalue weighted by atomic mass is 9.83. The molecule has 0 unspecified atom stereocenters. The summed E-state index contributed by atoms with van der Waals surface area (Å²) in [6.07, 6.45) is 5.22. The molecule has 7 N–H and O–H groups in total. The zero-order valence-electron chi connectivity index (χ0n) is 11.0. The Hall–Kier alpha value is -2.35. The number of aliphatic imine (C=N–C) groups is 1. The molecule has 0 heterocycles. The first-order valence-corrected chi connectivity index (χ1v) is 5.44. The SMILES string of the molecule is C#CNc1c(N)c(N)c(C(C)(C)C)c(N)c1N=C. The van der Waals surface area contributed by atoms with E-state index in [1.54, 1.807) is 0 Å². The van der Waals surface area contributed by atoms with Gasteiger partial charge in [0, 0.05) is 11.6 Å². The highest BCUT2D eigenvalue weighted by Crippen LogP contribution is 2.47. The lowest BCUT2D eigenvalue weighted by Crippen LogP contribution is -2.19. The molecule has 0 saturated heterocycles. The molecule has 1 rings (SSSR count). The van der Waals surface area contributed by atoms with Crippen LogP contribution in [0.2, 0.25) is 0 Å². The average molecular weight is 245 g/mol. The molecule has 0 atom stereocenters. The maximum Gasteiger partial charge on any atom is 0.112 e. The van der Waals surface area contributed by atoms with Crippen molar-refractivity contribution >= 4 is 35.2 Å². The summed E-state index contributed by atoms with van der Waals surface area (Å²) in [5, 5.41) is 2.66. The molecule has 5 heteroatoms. The number of hydrogen-bond acceptors (Lipinski definition) is 5. The van der Waals surface area contributed by atoms with Crippen molar-refractivity contribution in [2.24, 2.45) is 4.99 Å². The Kier molecular flexibility index (Phi) is 3.42. The smallest absolute Gasteiger partial charge is 0.112 e. The van der Waals surface area contributed by atoms with Crippen molar-refractivity contribution in [1.82, 2.24) is 0 Å². The van der Waals surface area contributed by atoms with Crippen LogP contribution in [0.4, 0.5) is 28.4 Å².